The molecule has 0 aromatic carbocycles. The zero-order valence-corrected chi connectivity index (χ0v) is 11.9. The summed E-state index contributed by atoms with van der Waals surface area (Å²) in [4.78, 5) is 9.29. The van der Waals surface area contributed by atoms with Crippen molar-refractivity contribution in [2.24, 2.45) is 0 Å². The summed E-state index contributed by atoms with van der Waals surface area (Å²) in [5.74, 6) is 0.191. The fourth-order valence-electron chi connectivity index (χ4n) is 2.18. The van der Waals surface area contributed by atoms with Gasteiger partial charge in [-0.15, -0.1) is 5.10 Å². The van der Waals surface area contributed by atoms with Crippen molar-refractivity contribution in [3.8, 4) is 0 Å². The molecule has 0 aliphatic carbocycles. The Kier molecular flexibility index (Phi) is 3.34. The molecule has 0 atom stereocenters. The molecule has 6 nitrogen and oxygen atoms in total. The molecule has 1 fully saturated rings. The summed E-state index contributed by atoms with van der Waals surface area (Å²) in [6, 6.07) is 1.66. The molecule has 0 amide bonds. The van der Waals surface area contributed by atoms with Crippen LogP contribution in [0.1, 0.15) is 11.5 Å². The van der Waals surface area contributed by atoms with Crippen LogP contribution in [0.3, 0.4) is 0 Å². The predicted molar refractivity (Wildman–Crippen MR) is 70.6 cm³/mol. The predicted octanol–water partition coefficient (Wildman–Crippen LogP) is 1.02. The first-order valence-corrected chi connectivity index (χ1v) is 7.75. The van der Waals surface area contributed by atoms with Crippen molar-refractivity contribution in [1.82, 2.24) is 19.6 Å². The van der Waals surface area contributed by atoms with E-state index in [-0.39, 0.29) is 5.78 Å². The van der Waals surface area contributed by atoms with Crippen LogP contribution < -0.4 is 4.90 Å². The van der Waals surface area contributed by atoms with Crippen LogP contribution in [-0.4, -0.2) is 48.4 Å². The van der Waals surface area contributed by atoms with Gasteiger partial charge in [-0.1, -0.05) is 0 Å². The second-order valence-corrected chi connectivity index (χ2v) is 6.43. The third-order valence-corrected chi connectivity index (χ3v) is 4.45. The van der Waals surface area contributed by atoms with Gasteiger partial charge in [0.2, 0.25) is 0 Å². The first kappa shape index (κ1) is 14.2. The molecule has 1 aliphatic heterocycles. The molecule has 0 saturated carbocycles. The summed E-state index contributed by atoms with van der Waals surface area (Å²) in [6.07, 6.45) is -4.61. The number of aromatic nitrogens is 4. The molecule has 21 heavy (non-hydrogen) atoms. The Bertz CT molecular complexity index is 704. The van der Waals surface area contributed by atoms with Gasteiger partial charge in [0.25, 0.3) is 11.6 Å². The maximum atomic E-state index is 12.7. The van der Waals surface area contributed by atoms with Gasteiger partial charge < -0.3 is 4.90 Å². The lowest BCUT2D eigenvalue weighted by Crippen LogP contribution is -2.39. The summed E-state index contributed by atoms with van der Waals surface area (Å²) in [5.41, 5.74) is 0.560. The van der Waals surface area contributed by atoms with Crippen LogP contribution in [0.4, 0.5) is 19.0 Å². The van der Waals surface area contributed by atoms with Crippen molar-refractivity contribution in [1.29, 1.82) is 0 Å². The van der Waals surface area contributed by atoms with Gasteiger partial charge in [0.1, 0.15) is 5.82 Å². The second kappa shape index (κ2) is 4.93. The summed E-state index contributed by atoms with van der Waals surface area (Å²) < 4.78 is 50.7. The summed E-state index contributed by atoms with van der Waals surface area (Å²) >= 11 is 0. The molecule has 0 unspecified atom stereocenters. The molecule has 0 N–H and O–H groups in total. The molecule has 0 radical (unpaired) electrons. The summed E-state index contributed by atoms with van der Waals surface area (Å²) in [5, 5.41) is 3.52. The summed E-state index contributed by atoms with van der Waals surface area (Å²) in [7, 11) is -0.865. The molecular formula is C11H12F3N5OS. The molecule has 3 heterocycles. The number of nitrogens with zero attached hydrogens (tertiary/aromatic N) is 5. The first-order valence-electron chi connectivity index (χ1n) is 6.26. The highest BCUT2D eigenvalue weighted by Crippen LogP contribution is 2.27. The highest BCUT2D eigenvalue weighted by Gasteiger charge is 2.37. The fraction of sp³-hybridized carbons (Fsp3) is 0.545. The SMILES string of the molecule is Cc1cc(N2CCS(=O)CC2)n2nc(C(F)(F)F)nc2n1. The standard InChI is InChI=1S/C11H12F3N5OS/c1-7-6-8(18-2-4-21(20)5-3-18)19-10(15-7)16-9(17-19)11(12,13)14/h6H,2-5H2,1H3. The van der Waals surface area contributed by atoms with Crippen molar-refractivity contribution < 1.29 is 17.4 Å². The Labute approximate surface area is 120 Å². The van der Waals surface area contributed by atoms with Gasteiger partial charge in [-0.25, -0.2) is 4.98 Å². The second-order valence-electron chi connectivity index (χ2n) is 4.74. The maximum absolute atomic E-state index is 12.7. The normalized spacial score (nSPS) is 17.6. The van der Waals surface area contributed by atoms with Crippen LogP contribution in [0.5, 0.6) is 0 Å². The van der Waals surface area contributed by atoms with E-state index >= 15 is 0 Å². The van der Waals surface area contributed by atoms with Crippen molar-refractivity contribution in [3.05, 3.63) is 17.6 Å². The smallest absolute Gasteiger partial charge is 0.355 e. The first-order chi connectivity index (χ1) is 9.84. The number of rotatable bonds is 1. The van der Waals surface area contributed by atoms with E-state index in [1.54, 1.807) is 13.0 Å². The van der Waals surface area contributed by atoms with Crippen molar-refractivity contribution in [2.45, 2.75) is 13.1 Å². The lowest BCUT2D eigenvalue weighted by molar-refractivity contribution is -0.144. The van der Waals surface area contributed by atoms with Crippen molar-refractivity contribution in [2.75, 3.05) is 29.5 Å². The van der Waals surface area contributed by atoms with E-state index in [1.165, 1.54) is 0 Å². The maximum Gasteiger partial charge on any atom is 0.453 e. The zero-order chi connectivity index (χ0) is 15.2. The molecule has 114 valence electrons. The van der Waals surface area contributed by atoms with Gasteiger partial charge in [0, 0.05) is 47.2 Å². The third-order valence-electron chi connectivity index (χ3n) is 3.18. The Hall–Kier alpha value is -1.71. The third kappa shape index (κ3) is 2.71. The Morgan fingerprint density at radius 1 is 1.24 bits per heavy atom. The molecule has 0 bridgehead atoms. The number of alkyl halides is 3. The molecule has 1 aliphatic rings. The average molecular weight is 319 g/mol. The van der Waals surface area contributed by atoms with Gasteiger partial charge in [-0.2, -0.15) is 22.7 Å². The topological polar surface area (TPSA) is 63.4 Å². The molecule has 3 rings (SSSR count). The van der Waals surface area contributed by atoms with Crippen LogP contribution in [0.15, 0.2) is 6.07 Å². The van der Waals surface area contributed by atoms with E-state index in [4.69, 9.17) is 0 Å². The monoisotopic (exact) mass is 319 g/mol. The van der Waals surface area contributed by atoms with Crippen LogP contribution in [0.2, 0.25) is 0 Å². The van der Waals surface area contributed by atoms with E-state index in [0.717, 1.165) is 4.52 Å². The minimum atomic E-state index is -4.61. The van der Waals surface area contributed by atoms with Gasteiger partial charge >= 0.3 is 6.18 Å². The Morgan fingerprint density at radius 2 is 1.90 bits per heavy atom. The Balaban J connectivity index is 2.09. The molecule has 1 saturated heterocycles. The minimum Gasteiger partial charge on any atom is -0.355 e. The number of aryl methyl sites for hydroxylation is 1. The lowest BCUT2D eigenvalue weighted by Gasteiger charge is -2.28. The van der Waals surface area contributed by atoms with E-state index in [9.17, 15) is 17.4 Å². The Morgan fingerprint density at radius 3 is 2.52 bits per heavy atom. The van der Waals surface area contributed by atoms with Crippen molar-refractivity contribution in [3.63, 3.8) is 0 Å². The van der Waals surface area contributed by atoms with Crippen LogP contribution in [-0.2, 0) is 17.0 Å². The number of anilines is 1. The molecule has 2 aromatic heterocycles. The minimum absolute atomic E-state index is 0.0796. The van der Waals surface area contributed by atoms with E-state index in [2.05, 4.69) is 15.1 Å². The summed E-state index contributed by atoms with van der Waals surface area (Å²) in [6.45, 7) is 2.70. The molecule has 10 heteroatoms. The van der Waals surface area contributed by atoms with Crippen LogP contribution in [0.25, 0.3) is 5.78 Å². The fourth-order valence-corrected chi connectivity index (χ4v) is 3.23. The molecular weight excluding hydrogens is 307 g/mol. The average Bonchev–Trinajstić information content (AvgIpc) is 2.82. The largest absolute Gasteiger partial charge is 0.453 e. The number of halogens is 3. The van der Waals surface area contributed by atoms with Crippen LogP contribution >= 0.6 is 0 Å². The number of hydrogen-bond donors (Lipinski definition) is 0. The quantitative estimate of drug-likeness (QED) is 0.785. The highest BCUT2D eigenvalue weighted by atomic mass is 32.2. The molecule has 0 spiro atoms. The number of hydrogen-bond acceptors (Lipinski definition) is 5. The molecule has 2 aromatic rings. The van der Waals surface area contributed by atoms with Gasteiger partial charge in [0.05, 0.1) is 0 Å². The van der Waals surface area contributed by atoms with Crippen LogP contribution in [0, 0.1) is 6.92 Å². The number of fused-ring (bicyclic) bond motifs is 1. The van der Waals surface area contributed by atoms with Gasteiger partial charge in [-0.05, 0) is 6.92 Å². The van der Waals surface area contributed by atoms with E-state index in [1.807, 2.05) is 4.90 Å². The van der Waals surface area contributed by atoms with E-state index < -0.39 is 22.8 Å². The lowest BCUT2D eigenvalue weighted by atomic mass is 10.4. The van der Waals surface area contributed by atoms with Gasteiger partial charge in [-0.3, -0.25) is 4.21 Å². The van der Waals surface area contributed by atoms with Gasteiger partial charge in [0.15, 0.2) is 0 Å². The highest BCUT2D eigenvalue weighted by molar-refractivity contribution is 7.85. The van der Waals surface area contributed by atoms with E-state index in [0.29, 0.717) is 36.1 Å². The zero-order valence-electron chi connectivity index (χ0n) is 11.1. The van der Waals surface area contributed by atoms with Crippen molar-refractivity contribution >= 4 is 22.4 Å².